The summed E-state index contributed by atoms with van der Waals surface area (Å²) in [5, 5.41) is 1.09. The van der Waals surface area contributed by atoms with Crippen molar-refractivity contribution in [3.05, 3.63) is 53.4 Å². The van der Waals surface area contributed by atoms with Gasteiger partial charge < -0.3 is 9.47 Å². The largest absolute Gasteiger partial charge is 0.337 e. The number of amides is 1. The van der Waals surface area contributed by atoms with Gasteiger partial charge in [-0.25, -0.2) is 4.98 Å². The number of carbonyl (C=O) groups is 2. The molecule has 0 bridgehead atoms. The number of likely N-dealkylation sites (tertiary alicyclic amines) is 1. The van der Waals surface area contributed by atoms with E-state index in [4.69, 9.17) is 0 Å². The van der Waals surface area contributed by atoms with E-state index in [1.807, 2.05) is 42.3 Å². The van der Waals surface area contributed by atoms with Gasteiger partial charge in [-0.1, -0.05) is 18.2 Å². The molecular weight excluding hydrogens is 334 g/mol. The van der Waals surface area contributed by atoms with Crippen LogP contribution in [0.2, 0.25) is 0 Å². The number of hydrogen-bond acceptors (Lipinski definition) is 4. The quantitative estimate of drug-likeness (QED) is 0.679. The van der Waals surface area contributed by atoms with Crippen LogP contribution >= 0.6 is 11.3 Å². The van der Waals surface area contributed by atoms with Crippen molar-refractivity contribution < 1.29 is 9.59 Å². The molecule has 0 spiro atoms. The monoisotopic (exact) mass is 353 g/mol. The first kappa shape index (κ1) is 16.0. The summed E-state index contributed by atoms with van der Waals surface area (Å²) in [4.78, 5) is 32.3. The molecule has 1 atom stereocenters. The van der Waals surface area contributed by atoms with Gasteiger partial charge in [-0.05, 0) is 30.4 Å². The summed E-state index contributed by atoms with van der Waals surface area (Å²) in [7, 11) is 1.82. The van der Waals surface area contributed by atoms with Crippen molar-refractivity contribution >= 4 is 33.1 Å². The maximum absolute atomic E-state index is 12.9. The minimum absolute atomic E-state index is 0.0264. The highest BCUT2D eigenvalue weighted by Crippen LogP contribution is 2.28. The lowest BCUT2D eigenvalue weighted by Gasteiger charge is -2.31. The van der Waals surface area contributed by atoms with Gasteiger partial charge in [0.1, 0.15) is 0 Å². The molecule has 4 rings (SSSR count). The molecule has 0 radical (unpaired) electrons. The Balaban J connectivity index is 1.53. The van der Waals surface area contributed by atoms with Crippen LogP contribution < -0.4 is 0 Å². The lowest BCUT2D eigenvalue weighted by atomic mass is 9.93. The van der Waals surface area contributed by atoms with E-state index in [-0.39, 0.29) is 17.6 Å². The number of imidazole rings is 1. The van der Waals surface area contributed by atoms with Crippen molar-refractivity contribution in [2.24, 2.45) is 13.0 Å². The van der Waals surface area contributed by atoms with Gasteiger partial charge >= 0.3 is 0 Å². The number of fused-ring (bicyclic) bond motifs is 1. The van der Waals surface area contributed by atoms with Crippen LogP contribution in [0.1, 0.15) is 33.1 Å². The fraction of sp³-hybridized carbons (Fsp3) is 0.316. The van der Waals surface area contributed by atoms with Crippen molar-refractivity contribution in [1.82, 2.24) is 14.5 Å². The summed E-state index contributed by atoms with van der Waals surface area (Å²) < 4.78 is 2.86. The second-order valence-electron chi connectivity index (χ2n) is 6.46. The summed E-state index contributed by atoms with van der Waals surface area (Å²) in [6.45, 7) is 1.18. The standard InChI is InChI=1S/C19H19N3O2S/c1-21-10-8-20-18(21)17(23)14-6-4-9-22(12-14)19(24)16-11-13-5-2-3-7-15(13)25-16/h2-3,5,7-8,10-11,14H,4,6,9,12H2,1H3/t14-/m1/s1. The van der Waals surface area contributed by atoms with Crippen LogP contribution in [0, 0.1) is 5.92 Å². The minimum atomic E-state index is -0.173. The molecule has 3 heterocycles. The number of benzene rings is 1. The first-order chi connectivity index (χ1) is 12.1. The Morgan fingerprint density at radius 2 is 2.12 bits per heavy atom. The number of hydrogen-bond donors (Lipinski definition) is 0. The van der Waals surface area contributed by atoms with E-state index in [1.165, 1.54) is 11.3 Å². The van der Waals surface area contributed by atoms with Crippen LogP contribution in [-0.2, 0) is 7.05 Å². The number of aryl methyl sites for hydroxylation is 1. The van der Waals surface area contributed by atoms with Gasteiger partial charge in [0.2, 0.25) is 5.78 Å². The molecule has 6 heteroatoms. The molecule has 0 unspecified atom stereocenters. The second-order valence-corrected chi connectivity index (χ2v) is 7.55. The molecule has 1 amide bonds. The molecule has 0 aliphatic carbocycles. The highest BCUT2D eigenvalue weighted by atomic mass is 32.1. The Kier molecular flexibility index (Phi) is 4.13. The SMILES string of the molecule is Cn1ccnc1C(=O)[C@@H]1CCCN(C(=O)c2cc3ccccc3s2)C1. The zero-order valence-electron chi connectivity index (χ0n) is 14.0. The summed E-state index contributed by atoms with van der Waals surface area (Å²) >= 11 is 1.52. The van der Waals surface area contributed by atoms with Crippen LogP contribution in [-0.4, -0.2) is 39.2 Å². The third-order valence-corrected chi connectivity index (χ3v) is 5.86. The molecule has 3 aromatic rings. The van der Waals surface area contributed by atoms with E-state index < -0.39 is 0 Å². The van der Waals surface area contributed by atoms with E-state index in [1.54, 1.807) is 17.0 Å². The summed E-state index contributed by atoms with van der Waals surface area (Å²) in [5.41, 5.74) is 0. The van der Waals surface area contributed by atoms with Crippen molar-refractivity contribution in [3.8, 4) is 0 Å². The topological polar surface area (TPSA) is 55.2 Å². The molecule has 25 heavy (non-hydrogen) atoms. The molecule has 2 aromatic heterocycles. The van der Waals surface area contributed by atoms with Gasteiger partial charge in [-0.3, -0.25) is 9.59 Å². The molecule has 1 fully saturated rings. The molecule has 0 N–H and O–H groups in total. The van der Waals surface area contributed by atoms with E-state index in [0.717, 1.165) is 27.8 Å². The number of nitrogens with zero attached hydrogens (tertiary/aromatic N) is 3. The van der Waals surface area contributed by atoms with Crippen molar-refractivity contribution in [1.29, 1.82) is 0 Å². The van der Waals surface area contributed by atoms with Crippen LogP contribution in [0.5, 0.6) is 0 Å². The zero-order valence-corrected chi connectivity index (χ0v) is 14.8. The smallest absolute Gasteiger partial charge is 0.263 e. The fourth-order valence-corrected chi connectivity index (χ4v) is 4.43. The summed E-state index contributed by atoms with van der Waals surface area (Å²) in [5.74, 6) is 0.356. The lowest BCUT2D eigenvalue weighted by Crippen LogP contribution is -2.42. The minimum Gasteiger partial charge on any atom is -0.337 e. The Morgan fingerprint density at radius 1 is 1.28 bits per heavy atom. The van der Waals surface area contributed by atoms with E-state index in [0.29, 0.717) is 18.9 Å². The molecule has 1 aliphatic heterocycles. The lowest BCUT2D eigenvalue weighted by molar-refractivity contribution is 0.0636. The highest BCUT2D eigenvalue weighted by Gasteiger charge is 2.31. The van der Waals surface area contributed by atoms with E-state index >= 15 is 0 Å². The van der Waals surface area contributed by atoms with Gasteiger partial charge in [0.25, 0.3) is 5.91 Å². The second kappa shape index (κ2) is 6.44. The number of Topliss-reactive ketones (excluding diaryl/α,β-unsaturated/α-hetero) is 1. The van der Waals surface area contributed by atoms with Crippen LogP contribution in [0.4, 0.5) is 0 Å². The Hall–Kier alpha value is -2.47. The van der Waals surface area contributed by atoms with Gasteiger partial charge in [0.05, 0.1) is 4.88 Å². The number of piperidine rings is 1. The molecule has 0 saturated carbocycles. The Morgan fingerprint density at radius 3 is 2.88 bits per heavy atom. The van der Waals surface area contributed by atoms with Gasteiger partial charge in [-0.15, -0.1) is 11.3 Å². The normalized spacial score (nSPS) is 17.8. The van der Waals surface area contributed by atoms with Gasteiger partial charge in [-0.2, -0.15) is 0 Å². The van der Waals surface area contributed by atoms with E-state index in [9.17, 15) is 9.59 Å². The first-order valence-electron chi connectivity index (χ1n) is 8.43. The predicted octanol–water partition coefficient (Wildman–Crippen LogP) is 3.37. The number of carbonyl (C=O) groups excluding carboxylic acids is 2. The zero-order chi connectivity index (χ0) is 17.4. The maximum Gasteiger partial charge on any atom is 0.263 e. The number of ketones is 1. The van der Waals surface area contributed by atoms with Crippen molar-refractivity contribution in [2.75, 3.05) is 13.1 Å². The summed E-state index contributed by atoms with van der Waals surface area (Å²) in [6.07, 6.45) is 5.06. The van der Waals surface area contributed by atoms with Crippen LogP contribution in [0.25, 0.3) is 10.1 Å². The third-order valence-electron chi connectivity index (χ3n) is 4.76. The Bertz CT molecular complexity index is 910. The average Bonchev–Trinajstić information content (AvgIpc) is 3.26. The fourth-order valence-electron chi connectivity index (χ4n) is 3.40. The molecule has 1 aliphatic rings. The van der Waals surface area contributed by atoms with Crippen LogP contribution in [0.3, 0.4) is 0 Å². The highest BCUT2D eigenvalue weighted by molar-refractivity contribution is 7.20. The van der Waals surface area contributed by atoms with Crippen LogP contribution in [0.15, 0.2) is 42.7 Å². The van der Waals surface area contributed by atoms with Crippen molar-refractivity contribution in [3.63, 3.8) is 0 Å². The molecule has 1 saturated heterocycles. The number of rotatable bonds is 3. The molecule has 1 aromatic carbocycles. The average molecular weight is 353 g/mol. The first-order valence-corrected chi connectivity index (χ1v) is 9.24. The molecule has 128 valence electrons. The molecule has 5 nitrogen and oxygen atoms in total. The predicted molar refractivity (Wildman–Crippen MR) is 98.0 cm³/mol. The number of thiophene rings is 1. The van der Waals surface area contributed by atoms with Crippen molar-refractivity contribution in [2.45, 2.75) is 12.8 Å². The molecular formula is C19H19N3O2S. The maximum atomic E-state index is 12.9. The Labute approximate surface area is 149 Å². The van der Waals surface area contributed by atoms with Gasteiger partial charge in [0.15, 0.2) is 5.82 Å². The van der Waals surface area contributed by atoms with Gasteiger partial charge in [0, 0.05) is 43.1 Å². The summed E-state index contributed by atoms with van der Waals surface area (Å²) in [6, 6.07) is 9.96. The third kappa shape index (κ3) is 2.98. The number of aromatic nitrogens is 2. The van der Waals surface area contributed by atoms with E-state index in [2.05, 4.69) is 4.98 Å².